The third-order valence-corrected chi connectivity index (χ3v) is 10.3. The minimum Gasteiger partial charge on any atom is -0.494 e. The summed E-state index contributed by atoms with van der Waals surface area (Å²) in [5.41, 5.74) is 10.7. The Labute approximate surface area is 254 Å². The molecule has 2 saturated heterocycles. The maximum Gasteiger partial charge on any atom is 0.254 e. The van der Waals surface area contributed by atoms with E-state index in [0.717, 1.165) is 78.4 Å². The molecule has 11 nitrogen and oxygen atoms in total. The molecule has 4 fully saturated rings. The van der Waals surface area contributed by atoms with Crippen LogP contribution in [-0.4, -0.2) is 78.7 Å². The van der Waals surface area contributed by atoms with Crippen LogP contribution in [0, 0.1) is 11.8 Å². The summed E-state index contributed by atoms with van der Waals surface area (Å²) in [4.78, 5) is 36.8. The highest BCUT2D eigenvalue weighted by atomic mass is 16.5. The summed E-state index contributed by atoms with van der Waals surface area (Å²) in [5.74, 6) is 3.49. The Hall–Kier alpha value is -4.51. The van der Waals surface area contributed by atoms with Crippen molar-refractivity contribution in [2.24, 2.45) is 17.6 Å². The molecule has 1 aromatic carbocycles. The average molecular weight is 590 g/mol. The van der Waals surface area contributed by atoms with Crippen LogP contribution in [0.25, 0.3) is 33.6 Å². The molecule has 6 heterocycles. The Balaban J connectivity index is 1.19. The number of carbonyl (C=O) groups excluding carboxylic acids is 1. The fourth-order valence-corrected chi connectivity index (χ4v) is 7.75. The van der Waals surface area contributed by atoms with Crippen LogP contribution in [0.5, 0.6) is 5.75 Å². The van der Waals surface area contributed by atoms with Crippen molar-refractivity contribution in [1.82, 2.24) is 34.0 Å². The lowest BCUT2D eigenvalue weighted by atomic mass is 10.1. The van der Waals surface area contributed by atoms with Crippen molar-refractivity contribution in [2.45, 2.75) is 50.4 Å². The van der Waals surface area contributed by atoms with E-state index in [4.69, 9.17) is 20.4 Å². The number of hydrogen-bond donors (Lipinski definition) is 1. The predicted octanol–water partition coefficient (Wildman–Crippen LogP) is 3.88. The van der Waals surface area contributed by atoms with Gasteiger partial charge in [-0.2, -0.15) is 0 Å². The Bertz CT molecular complexity index is 1910. The number of nitrogens with zero attached hydrogens (tertiary/aromatic N) is 8. The number of amides is 1. The first-order chi connectivity index (χ1) is 21.6. The van der Waals surface area contributed by atoms with E-state index in [1.165, 1.54) is 12.8 Å². The van der Waals surface area contributed by atoms with Gasteiger partial charge in [0.05, 0.1) is 24.4 Å². The van der Waals surface area contributed by atoms with Crippen LogP contribution in [0.2, 0.25) is 0 Å². The van der Waals surface area contributed by atoms with Gasteiger partial charge in [-0.1, -0.05) is 0 Å². The number of imidazole rings is 1. The maximum absolute atomic E-state index is 13.9. The van der Waals surface area contributed by atoms with Crippen LogP contribution >= 0.6 is 0 Å². The van der Waals surface area contributed by atoms with E-state index in [1.54, 1.807) is 19.6 Å². The molecule has 1 amide bonds. The lowest BCUT2D eigenvalue weighted by Crippen LogP contribution is -2.48. The van der Waals surface area contributed by atoms with E-state index in [0.29, 0.717) is 23.1 Å². The molecule has 5 aromatic rings. The number of carbonyl (C=O) groups is 1. The van der Waals surface area contributed by atoms with Crippen LogP contribution < -0.4 is 15.4 Å². The number of methoxy groups -OCH3 is 1. The van der Waals surface area contributed by atoms with E-state index in [1.807, 2.05) is 35.4 Å². The largest absolute Gasteiger partial charge is 0.494 e. The number of hydrogen-bond acceptors (Lipinski definition) is 8. The molecule has 4 aliphatic rings. The van der Waals surface area contributed by atoms with Gasteiger partial charge in [-0.3, -0.25) is 4.79 Å². The zero-order valence-corrected chi connectivity index (χ0v) is 24.7. The van der Waals surface area contributed by atoms with E-state index < -0.39 is 0 Å². The second-order valence-electron chi connectivity index (χ2n) is 12.9. The van der Waals surface area contributed by atoms with Gasteiger partial charge in [-0.15, -0.1) is 0 Å². The standard InChI is InChI=1S/C33H35N9O2/c1-44-27-13-22(33(43)41-15-21-6-7-25(41)29(21)34)11-24-30(27)42(23-16-39(17-23)28-8-10-35-18-37-28)32(38-24)26-12-20-3-2-9-36-31(20)40(26)14-19-4-5-19/h2-3,8-13,18-19,21,23,25,29H,4-7,14-17,34H2,1H3/t21?,25?,29-/m1/s1. The van der Waals surface area contributed by atoms with Gasteiger partial charge in [-0.05, 0) is 73.9 Å². The number of pyridine rings is 1. The van der Waals surface area contributed by atoms with Gasteiger partial charge >= 0.3 is 0 Å². The summed E-state index contributed by atoms with van der Waals surface area (Å²) in [7, 11) is 1.68. The number of ether oxygens (including phenoxy) is 1. The molecule has 2 aliphatic carbocycles. The molecule has 2 saturated carbocycles. The summed E-state index contributed by atoms with van der Waals surface area (Å²) in [6, 6.07) is 12.4. The molecule has 2 bridgehead atoms. The zero-order chi connectivity index (χ0) is 29.5. The monoisotopic (exact) mass is 589 g/mol. The first kappa shape index (κ1) is 25.9. The highest BCUT2D eigenvalue weighted by molar-refractivity contribution is 6.00. The van der Waals surface area contributed by atoms with Gasteiger partial charge in [0.2, 0.25) is 0 Å². The zero-order valence-electron chi connectivity index (χ0n) is 24.7. The average Bonchev–Trinajstić information content (AvgIpc) is 3.38. The molecule has 0 radical (unpaired) electrons. The summed E-state index contributed by atoms with van der Waals surface area (Å²) >= 11 is 0. The number of likely N-dealkylation sites (tertiary alicyclic amines) is 1. The highest BCUT2D eigenvalue weighted by Crippen LogP contribution is 2.42. The predicted molar refractivity (Wildman–Crippen MR) is 167 cm³/mol. The number of nitrogens with two attached hydrogens (primary N) is 1. The Morgan fingerprint density at radius 3 is 2.66 bits per heavy atom. The second kappa shape index (κ2) is 9.75. The van der Waals surface area contributed by atoms with Gasteiger partial charge < -0.3 is 29.4 Å². The number of fused-ring (bicyclic) bond motifs is 4. The minimum absolute atomic E-state index is 0.00887. The van der Waals surface area contributed by atoms with Gasteiger partial charge in [0.15, 0.2) is 5.82 Å². The summed E-state index contributed by atoms with van der Waals surface area (Å²) < 4.78 is 10.7. The number of piperidine rings is 1. The minimum atomic E-state index is 0.00887. The molecular weight excluding hydrogens is 554 g/mol. The SMILES string of the molecule is COc1cc(C(=O)N2CC3CCC2[C@@H]3N)cc2nc(-c3cc4cccnc4n3CC3CC3)n(C3CN(c4ccncn4)C3)c12. The van der Waals surface area contributed by atoms with E-state index in [2.05, 4.69) is 36.1 Å². The number of benzene rings is 1. The summed E-state index contributed by atoms with van der Waals surface area (Å²) in [6.45, 7) is 3.18. The third-order valence-electron chi connectivity index (χ3n) is 10.3. The summed E-state index contributed by atoms with van der Waals surface area (Å²) in [5, 5.41) is 1.10. The second-order valence-corrected chi connectivity index (χ2v) is 12.9. The van der Waals surface area contributed by atoms with Crippen LogP contribution in [0.15, 0.2) is 55.1 Å². The van der Waals surface area contributed by atoms with E-state index in [9.17, 15) is 4.79 Å². The van der Waals surface area contributed by atoms with E-state index >= 15 is 0 Å². The van der Waals surface area contributed by atoms with E-state index in [-0.39, 0.29) is 24.0 Å². The molecule has 3 atom stereocenters. The van der Waals surface area contributed by atoms with Gasteiger partial charge in [0.1, 0.15) is 29.1 Å². The molecule has 11 heteroatoms. The molecule has 2 aliphatic heterocycles. The molecule has 0 spiro atoms. The van der Waals surface area contributed by atoms with Crippen molar-refractivity contribution in [2.75, 3.05) is 31.6 Å². The van der Waals surface area contributed by atoms with Crippen molar-refractivity contribution in [3.63, 3.8) is 0 Å². The first-order valence-corrected chi connectivity index (χ1v) is 15.7. The molecule has 224 valence electrons. The molecule has 2 N–H and O–H groups in total. The van der Waals surface area contributed by atoms with Crippen LogP contribution in [-0.2, 0) is 6.54 Å². The molecule has 9 rings (SSSR count). The Morgan fingerprint density at radius 1 is 1.05 bits per heavy atom. The summed E-state index contributed by atoms with van der Waals surface area (Å²) in [6.07, 6.45) is 9.77. The molecule has 4 aromatic heterocycles. The Kier molecular flexibility index (Phi) is 5.75. The van der Waals surface area contributed by atoms with Crippen molar-refractivity contribution in [3.8, 4) is 17.3 Å². The van der Waals surface area contributed by atoms with Crippen molar-refractivity contribution >= 4 is 33.8 Å². The lowest BCUT2D eigenvalue weighted by molar-refractivity contribution is 0.0700. The number of anilines is 1. The van der Waals surface area contributed by atoms with Gasteiger partial charge in [-0.25, -0.2) is 19.9 Å². The fourth-order valence-electron chi connectivity index (χ4n) is 7.75. The first-order valence-electron chi connectivity index (χ1n) is 15.7. The Morgan fingerprint density at radius 2 is 1.93 bits per heavy atom. The molecule has 44 heavy (non-hydrogen) atoms. The topological polar surface area (TPSA) is 120 Å². The van der Waals surface area contributed by atoms with Crippen LogP contribution in [0.3, 0.4) is 0 Å². The van der Waals surface area contributed by atoms with Gasteiger partial charge in [0.25, 0.3) is 5.91 Å². The van der Waals surface area contributed by atoms with Gasteiger partial charge in [0, 0.05) is 61.6 Å². The highest BCUT2D eigenvalue weighted by Gasteiger charge is 2.47. The number of aromatic nitrogens is 6. The third kappa shape index (κ3) is 3.94. The van der Waals surface area contributed by atoms with Crippen molar-refractivity contribution in [1.29, 1.82) is 0 Å². The van der Waals surface area contributed by atoms with Crippen LogP contribution in [0.1, 0.15) is 42.1 Å². The van der Waals surface area contributed by atoms with Crippen molar-refractivity contribution in [3.05, 3.63) is 60.7 Å². The molecular formula is C33H35N9O2. The van der Waals surface area contributed by atoms with Crippen molar-refractivity contribution < 1.29 is 9.53 Å². The fraction of sp³-hybridized carbons (Fsp3) is 0.424. The quantitative estimate of drug-likeness (QED) is 0.304. The number of rotatable bonds is 7. The maximum atomic E-state index is 13.9. The van der Waals surface area contributed by atoms with Crippen LogP contribution in [0.4, 0.5) is 5.82 Å². The smallest absolute Gasteiger partial charge is 0.254 e. The molecule has 2 unspecified atom stereocenters. The normalized spacial score (nSPS) is 23.2. The lowest BCUT2D eigenvalue weighted by Gasteiger charge is -2.41.